The summed E-state index contributed by atoms with van der Waals surface area (Å²) < 4.78 is 7.56. The molecule has 3 heterocycles. The van der Waals surface area contributed by atoms with Gasteiger partial charge in [-0.25, -0.2) is 15.0 Å². The molecule has 0 bridgehead atoms. The predicted octanol–water partition coefficient (Wildman–Crippen LogP) is 1.87. The van der Waals surface area contributed by atoms with Crippen molar-refractivity contribution in [2.75, 3.05) is 12.3 Å². The van der Waals surface area contributed by atoms with Crippen LogP contribution in [0.3, 0.4) is 0 Å². The number of anilines is 1. The number of aliphatic hydroxyl groups is 2. The van der Waals surface area contributed by atoms with Gasteiger partial charge in [-0.2, -0.15) is 0 Å². The molecular weight excluding hydrogens is 370 g/mol. The first kappa shape index (κ1) is 17.9. The number of rotatable bonds is 4. The zero-order valence-corrected chi connectivity index (χ0v) is 15.0. The second-order valence-corrected chi connectivity index (χ2v) is 6.71. The largest absolute Gasteiger partial charge is 0.394 e. The number of halogens is 1. The van der Waals surface area contributed by atoms with Gasteiger partial charge in [-0.15, -0.1) is 0 Å². The highest BCUT2D eigenvalue weighted by Crippen LogP contribution is 2.33. The standard InChI is InChI=1S/C18H18ClN5O3/c19-11-4-1-10(2-5-11)3-6-14-23-16-17(20)21-9-22-18(16)24(14)15-7-12(26)13(8-25)27-15/h1-6,9,12-13,15,25-26H,7-8H2,(H2,20,21,22)/b6-3+. The molecule has 0 aliphatic carbocycles. The summed E-state index contributed by atoms with van der Waals surface area (Å²) in [5.74, 6) is 0.820. The second kappa shape index (κ2) is 7.24. The van der Waals surface area contributed by atoms with E-state index in [9.17, 15) is 10.2 Å². The summed E-state index contributed by atoms with van der Waals surface area (Å²) in [4.78, 5) is 12.8. The molecule has 27 heavy (non-hydrogen) atoms. The average Bonchev–Trinajstić information content (AvgIpc) is 3.22. The number of hydrogen-bond donors (Lipinski definition) is 3. The molecule has 8 nitrogen and oxygen atoms in total. The van der Waals surface area contributed by atoms with Crippen LogP contribution >= 0.6 is 11.6 Å². The second-order valence-electron chi connectivity index (χ2n) is 6.27. The first-order chi connectivity index (χ1) is 13.1. The molecule has 0 spiro atoms. The third-order valence-electron chi connectivity index (χ3n) is 4.50. The fourth-order valence-corrected chi connectivity index (χ4v) is 3.25. The first-order valence-corrected chi connectivity index (χ1v) is 8.81. The minimum Gasteiger partial charge on any atom is -0.394 e. The lowest BCUT2D eigenvalue weighted by Gasteiger charge is -2.15. The quantitative estimate of drug-likeness (QED) is 0.625. The number of fused-ring (bicyclic) bond motifs is 1. The van der Waals surface area contributed by atoms with Crippen LogP contribution in [0.25, 0.3) is 23.3 Å². The van der Waals surface area contributed by atoms with E-state index in [2.05, 4.69) is 15.0 Å². The fourth-order valence-electron chi connectivity index (χ4n) is 3.13. The molecule has 1 fully saturated rings. The molecule has 3 unspecified atom stereocenters. The number of imidazole rings is 1. The number of benzene rings is 1. The molecule has 1 aliphatic heterocycles. The van der Waals surface area contributed by atoms with Gasteiger partial charge >= 0.3 is 0 Å². The van der Waals surface area contributed by atoms with E-state index in [4.69, 9.17) is 22.1 Å². The Morgan fingerprint density at radius 1 is 1.26 bits per heavy atom. The molecule has 2 aromatic heterocycles. The first-order valence-electron chi connectivity index (χ1n) is 8.43. The Morgan fingerprint density at radius 2 is 2.04 bits per heavy atom. The number of hydrogen-bond acceptors (Lipinski definition) is 7. The maximum absolute atomic E-state index is 10.1. The van der Waals surface area contributed by atoms with Crippen molar-refractivity contribution < 1.29 is 14.9 Å². The van der Waals surface area contributed by atoms with Gasteiger partial charge in [-0.3, -0.25) is 4.57 Å². The number of aliphatic hydroxyl groups excluding tert-OH is 2. The maximum atomic E-state index is 10.1. The van der Waals surface area contributed by atoms with Crippen LogP contribution in [-0.2, 0) is 4.74 Å². The van der Waals surface area contributed by atoms with E-state index in [-0.39, 0.29) is 12.4 Å². The van der Waals surface area contributed by atoms with Crippen LogP contribution in [0.5, 0.6) is 0 Å². The van der Waals surface area contributed by atoms with Crippen LogP contribution in [0.2, 0.25) is 5.02 Å². The summed E-state index contributed by atoms with van der Waals surface area (Å²) >= 11 is 5.92. The SMILES string of the molecule is Nc1ncnc2c1nc(/C=C/c1ccc(Cl)cc1)n2C1CC(O)C(CO)O1. The van der Waals surface area contributed by atoms with Crippen LogP contribution in [0.4, 0.5) is 5.82 Å². The Balaban J connectivity index is 1.77. The average molecular weight is 388 g/mol. The molecule has 0 radical (unpaired) electrons. The zero-order valence-electron chi connectivity index (χ0n) is 14.2. The van der Waals surface area contributed by atoms with Crippen molar-refractivity contribution in [2.24, 2.45) is 0 Å². The topological polar surface area (TPSA) is 119 Å². The van der Waals surface area contributed by atoms with E-state index < -0.39 is 18.4 Å². The molecule has 0 amide bonds. The normalized spacial score (nSPS) is 22.9. The van der Waals surface area contributed by atoms with Crippen LogP contribution < -0.4 is 5.73 Å². The lowest BCUT2D eigenvalue weighted by molar-refractivity contribution is -0.0434. The molecule has 140 valence electrons. The van der Waals surface area contributed by atoms with Crippen molar-refractivity contribution in [3.05, 3.63) is 47.0 Å². The number of nitrogens with zero attached hydrogens (tertiary/aromatic N) is 4. The minimum atomic E-state index is -0.773. The molecule has 1 saturated heterocycles. The van der Waals surface area contributed by atoms with E-state index in [0.29, 0.717) is 28.4 Å². The Bertz CT molecular complexity index is 989. The van der Waals surface area contributed by atoms with Gasteiger partial charge < -0.3 is 20.7 Å². The van der Waals surface area contributed by atoms with Crippen molar-refractivity contribution >= 4 is 40.7 Å². The lowest BCUT2D eigenvalue weighted by Crippen LogP contribution is -2.24. The highest BCUT2D eigenvalue weighted by molar-refractivity contribution is 6.30. The number of nitrogen functional groups attached to an aromatic ring is 1. The summed E-state index contributed by atoms with van der Waals surface area (Å²) in [5.41, 5.74) is 7.85. The smallest absolute Gasteiger partial charge is 0.168 e. The van der Waals surface area contributed by atoms with Gasteiger partial charge in [-0.1, -0.05) is 29.8 Å². The minimum absolute atomic E-state index is 0.261. The van der Waals surface area contributed by atoms with Crippen LogP contribution in [0.1, 0.15) is 24.0 Å². The Hall–Kier alpha value is -2.52. The molecule has 3 aromatic rings. The summed E-state index contributed by atoms with van der Waals surface area (Å²) in [5, 5.41) is 20.1. The van der Waals surface area contributed by atoms with E-state index in [1.807, 2.05) is 24.3 Å². The number of ether oxygens (including phenoxy) is 1. The molecule has 1 aliphatic rings. The maximum Gasteiger partial charge on any atom is 0.168 e. The summed E-state index contributed by atoms with van der Waals surface area (Å²) in [6, 6.07) is 7.38. The van der Waals surface area contributed by atoms with E-state index in [1.54, 1.807) is 16.7 Å². The molecular formula is C18H18ClN5O3. The van der Waals surface area contributed by atoms with Gasteiger partial charge in [0.2, 0.25) is 0 Å². The molecule has 4 rings (SSSR count). The van der Waals surface area contributed by atoms with Gasteiger partial charge in [0.05, 0.1) is 12.7 Å². The molecule has 1 aromatic carbocycles. The van der Waals surface area contributed by atoms with Crippen molar-refractivity contribution in [1.82, 2.24) is 19.5 Å². The number of nitrogens with two attached hydrogens (primary N) is 1. The Morgan fingerprint density at radius 3 is 2.74 bits per heavy atom. The summed E-state index contributed by atoms with van der Waals surface area (Å²) in [6.07, 6.45) is 3.41. The Labute approximate surface area is 159 Å². The van der Waals surface area contributed by atoms with Crippen LogP contribution in [0, 0.1) is 0 Å². The van der Waals surface area contributed by atoms with Crippen LogP contribution in [0.15, 0.2) is 30.6 Å². The highest BCUT2D eigenvalue weighted by atomic mass is 35.5. The monoisotopic (exact) mass is 387 g/mol. The van der Waals surface area contributed by atoms with Gasteiger partial charge in [0.15, 0.2) is 17.0 Å². The van der Waals surface area contributed by atoms with Crippen molar-refractivity contribution in [3.63, 3.8) is 0 Å². The van der Waals surface area contributed by atoms with E-state index in [0.717, 1.165) is 5.56 Å². The van der Waals surface area contributed by atoms with E-state index >= 15 is 0 Å². The van der Waals surface area contributed by atoms with Crippen molar-refractivity contribution in [3.8, 4) is 0 Å². The molecule has 3 atom stereocenters. The fraction of sp³-hybridized carbons (Fsp3) is 0.278. The van der Waals surface area contributed by atoms with Crippen molar-refractivity contribution in [2.45, 2.75) is 24.9 Å². The third-order valence-corrected chi connectivity index (χ3v) is 4.75. The third kappa shape index (κ3) is 3.40. The van der Waals surface area contributed by atoms with Gasteiger partial charge in [0, 0.05) is 11.4 Å². The molecule has 4 N–H and O–H groups in total. The number of aromatic nitrogens is 4. The van der Waals surface area contributed by atoms with E-state index in [1.165, 1.54) is 6.33 Å². The predicted molar refractivity (Wildman–Crippen MR) is 102 cm³/mol. The highest BCUT2D eigenvalue weighted by Gasteiger charge is 2.36. The lowest BCUT2D eigenvalue weighted by atomic mass is 10.2. The molecule has 0 saturated carbocycles. The zero-order chi connectivity index (χ0) is 19.0. The van der Waals surface area contributed by atoms with Gasteiger partial charge in [-0.05, 0) is 23.8 Å². The van der Waals surface area contributed by atoms with Crippen molar-refractivity contribution in [1.29, 1.82) is 0 Å². The van der Waals surface area contributed by atoms with Crippen LogP contribution in [-0.4, -0.2) is 48.5 Å². The summed E-state index contributed by atoms with van der Waals surface area (Å²) in [6.45, 7) is -0.267. The summed E-state index contributed by atoms with van der Waals surface area (Å²) in [7, 11) is 0. The Kier molecular flexibility index (Phi) is 4.79. The molecule has 9 heteroatoms. The van der Waals surface area contributed by atoms with Gasteiger partial charge in [0.25, 0.3) is 0 Å². The van der Waals surface area contributed by atoms with Gasteiger partial charge in [0.1, 0.15) is 24.5 Å².